The molecule has 0 N–H and O–H groups in total. The van der Waals surface area contributed by atoms with Crippen LogP contribution in [0.5, 0.6) is 0 Å². The SMILES string of the molecule is CCOC(=O)C(C(C)c1ccc(-c2ccc(F)cc2F)cc1)=P(c1ccccc1)(c1ccccc1)c1ccccc1. The number of hydrogen-bond donors (Lipinski definition) is 0. The van der Waals surface area contributed by atoms with Gasteiger partial charge < -0.3 is 4.74 Å². The summed E-state index contributed by atoms with van der Waals surface area (Å²) in [6, 6.07) is 41.6. The number of rotatable bonds is 8. The maximum absolute atomic E-state index is 14.5. The molecule has 5 rings (SSSR count). The summed E-state index contributed by atoms with van der Waals surface area (Å²) in [5, 5.41) is 3.84. The molecular formula is C36H31F2O2P. The van der Waals surface area contributed by atoms with Gasteiger partial charge in [-0.25, -0.2) is 13.6 Å². The number of esters is 1. The van der Waals surface area contributed by atoms with E-state index < -0.39 is 18.5 Å². The van der Waals surface area contributed by atoms with Crippen LogP contribution in [0.15, 0.2) is 133 Å². The maximum atomic E-state index is 14.5. The van der Waals surface area contributed by atoms with Crippen molar-refractivity contribution in [1.29, 1.82) is 0 Å². The van der Waals surface area contributed by atoms with Crippen molar-refractivity contribution < 1.29 is 18.3 Å². The van der Waals surface area contributed by atoms with Gasteiger partial charge in [0.1, 0.15) is 11.6 Å². The Balaban J connectivity index is 1.82. The van der Waals surface area contributed by atoms with E-state index in [1.54, 1.807) is 0 Å². The molecule has 0 heterocycles. The number of hydrogen-bond acceptors (Lipinski definition) is 2. The Morgan fingerprint density at radius 2 is 1.20 bits per heavy atom. The van der Waals surface area contributed by atoms with Crippen molar-refractivity contribution in [3.05, 3.63) is 151 Å². The van der Waals surface area contributed by atoms with Crippen LogP contribution in [0.25, 0.3) is 11.1 Å². The highest BCUT2D eigenvalue weighted by atomic mass is 31.2. The molecule has 206 valence electrons. The largest absolute Gasteiger partial charge is 0.463 e. The van der Waals surface area contributed by atoms with E-state index in [0.29, 0.717) is 16.4 Å². The van der Waals surface area contributed by atoms with Gasteiger partial charge in [0.15, 0.2) is 0 Å². The summed E-state index contributed by atoms with van der Waals surface area (Å²) in [6.45, 7) is 1.38. The molecule has 0 fully saturated rings. The van der Waals surface area contributed by atoms with Gasteiger partial charge in [-0.3, -0.25) is 0 Å². The van der Waals surface area contributed by atoms with Crippen LogP contribution >= 0.6 is 6.89 Å². The van der Waals surface area contributed by atoms with E-state index in [9.17, 15) is 13.6 Å². The third kappa shape index (κ3) is 5.53. The molecule has 0 aliphatic rings. The molecular weight excluding hydrogens is 533 g/mol. The summed E-state index contributed by atoms with van der Waals surface area (Å²) in [4.78, 5) is 14.2. The van der Waals surface area contributed by atoms with Crippen molar-refractivity contribution >= 4 is 34.1 Å². The van der Waals surface area contributed by atoms with Gasteiger partial charge in [-0.05, 0) is 53.0 Å². The van der Waals surface area contributed by atoms with E-state index in [1.165, 1.54) is 12.1 Å². The Morgan fingerprint density at radius 1 is 0.707 bits per heavy atom. The Labute approximate surface area is 240 Å². The second kappa shape index (κ2) is 12.5. The molecule has 1 atom stereocenters. The van der Waals surface area contributed by atoms with Gasteiger partial charge >= 0.3 is 5.97 Å². The highest BCUT2D eigenvalue weighted by Crippen LogP contribution is 2.49. The predicted octanol–water partition coefficient (Wildman–Crippen LogP) is 7.46. The molecule has 0 amide bonds. The van der Waals surface area contributed by atoms with Crippen molar-refractivity contribution in [2.24, 2.45) is 0 Å². The van der Waals surface area contributed by atoms with Gasteiger partial charge in [0.05, 0.1) is 11.9 Å². The first-order valence-corrected chi connectivity index (χ1v) is 15.4. The van der Waals surface area contributed by atoms with Gasteiger partial charge in [0.2, 0.25) is 0 Å². The zero-order valence-corrected chi connectivity index (χ0v) is 23.9. The standard InChI is InChI=1S/C36H31F2O2P/c1-3-40-36(39)35(26(2)27-19-21-28(22-20-27)33-24-23-29(37)25-34(33)38)41(30-13-7-4-8-14-30,31-15-9-5-10-16-31)32-17-11-6-12-18-32/h4-26H,3H2,1-2H3. The number of halogens is 2. The summed E-state index contributed by atoms with van der Waals surface area (Å²) >= 11 is 0. The Kier molecular flexibility index (Phi) is 8.61. The number of benzene rings is 5. The maximum Gasteiger partial charge on any atom is 0.335 e. The van der Waals surface area contributed by atoms with Crippen molar-refractivity contribution in [3.8, 4) is 11.1 Å². The van der Waals surface area contributed by atoms with E-state index in [2.05, 4.69) is 36.4 Å². The lowest BCUT2D eigenvalue weighted by Gasteiger charge is -2.34. The molecule has 0 aromatic heterocycles. The minimum Gasteiger partial charge on any atom is -0.463 e. The topological polar surface area (TPSA) is 26.3 Å². The molecule has 5 heteroatoms. The van der Waals surface area contributed by atoms with Crippen LogP contribution in [-0.2, 0) is 9.53 Å². The molecule has 5 aromatic rings. The number of carbonyl (C=O) groups excluding carboxylic acids is 1. The van der Waals surface area contributed by atoms with Crippen molar-refractivity contribution in [2.45, 2.75) is 19.8 Å². The van der Waals surface area contributed by atoms with Crippen LogP contribution in [0.2, 0.25) is 0 Å². The highest BCUT2D eigenvalue weighted by Gasteiger charge is 2.36. The summed E-state index contributed by atoms with van der Waals surface area (Å²) in [5.74, 6) is -1.91. The Morgan fingerprint density at radius 3 is 1.63 bits per heavy atom. The Bertz CT molecular complexity index is 1580. The van der Waals surface area contributed by atoms with Crippen LogP contribution < -0.4 is 15.9 Å². The molecule has 41 heavy (non-hydrogen) atoms. The van der Waals surface area contributed by atoms with Crippen molar-refractivity contribution in [1.82, 2.24) is 0 Å². The summed E-state index contributed by atoms with van der Waals surface area (Å²) in [6.07, 6.45) is 0. The molecule has 0 bridgehead atoms. The molecule has 5 aromatic carbocycles. The monoisotopic (exact) mass is 564 g/mol. The fraction of sp³-hybridized carbons (Fsp3) is 0.111. The summed E-state index contributed by atoms with van der Waals surface area (Å²) in [7, 11) is 0. The first kappa shape index (κ1) is 28.3. The third-order valence-corrected chi connectivity index (χ3v) is 11.9. The first-order valence-electron chi connectivity index (χ1n) is 13.6. The van der Waals surface area contributed by atoms with Gasteiger partial charge in [-0.15, -0.1) is 0 Å². The normalized spacial score (nSPS) is 12.0. The number of ether oxygens (including phenoxy) is 1. The zero-order chi connectivity index (χ0) is 28.8. The zero-order valence-electron chi connectivity index (χ0n) is 23.0. The molecule has 1 unspecified atom stereocenters. The fourth-order valence-corrected chi connectivity index (χ4v) is 10.1. The first-order chi connectivity index (χ1) is 20.0. The van der Waals surface area contributed by atoms with E-state index >= 15 is 0 Å². The summed E-state index contributed by atoms with van der Waals surface area (Å²) < 4.78 is 33.8. The lowest BCUT2D eigenvalue weighted by Crippen LogP contribution is -2.36. The van der Waals surface area contributed by atoms with Crippen molar-refractivity contribution in [3.63, 3.8) is 0 Å². The van der Waals surface area contributed by atoms with Crippen LogP contribution in [0.4, 0.5) is 8.78 Å². The average Bonchev–Trinajstić information content (AvgIpc) is 3.01. The predicted molar refractivity (Wildman–Crippen MR) is 167 cm³/mol. The van der Waals surface area contributed by atoms with Crippen molar-refractivity contribution in [2.75, 3.05) is 6.61 Å². The van der Waals surface area contributed by atoms with Gasteiger partial charge in [0, 0.05) is 17.5 Å². The van der Waals surface area contributed by atoms with Crippen LogP contribution in [-0.4, -0.2) is 17.9 Å². The smallest absolute Gasteiger partial charge is 0.335 e. The van der Waals surface area contributed by atoms with E-state index in [0.717, 1.165) is 27.5 Å². The molecule has 0 saturated heterocycles. The fourth-order valence-electron chi connectivity index (χ4n) is 5.46. The number of carbonyl (C=O) groups is 1. The molecule has 0 radical (unpaired) electrons. The molecule has 0 saturated carbocycles. The van der Waals surface area contributed by atoms with Crippen LogP contribution in [0, 0.1) is 11.6 Å². The minimum atomic E-state index is -2.71. The van der Waals surface area contributed by atoms with Gasteiger partial charge in [0.25, 0.3) is 0 Å². The van der Waals surface area contributed by atoms with Gasteiger partial charge in [-0.1, -0.05) is 122 Å². The quantitative estimate of drug-likeness (QED) is 0.144. The highest BCUT2D eigenvalue weighted by molar-refractivity contribution is 7.96. The molecule has 0 spiro atoms. The lowest BCUT2D eigenvalue weighted by atomic mass is 9.95. The average molecular weight is 565 g/mol. The van der Waals surface area contributed by atoms with Crippen LogP contribution in [0.3, 0.4) is 0 Å². The van der Waals surface area contributed by atoms with E-state index in [-0.39, 0.29) is 18.5 Å². The summed E-state index contributed by atoms with van der Waals surface area (Å²) in [5.41, 5.74) is 1.85. The minimum absolute atomic E-state index is 0.246. The molecule has 2 nitrogen and oxygen atoms in total. The lowest BCUT2D eigenvalue weighted by molar-refractivity contribution is -0.135. The Hall–Kier alpha value is -4.27. The molecule has 0 aliphatic carbocycles. The third-order valence-electron chi connectivity index (χ3n) is 7.34. The second-order valence-corrected chi connectivity index (χ2v) is 13.1. The second-order valence-electron chi connectivity index (χ2n) is 9.75. The molecule has 0 aliphatic heterocycles. The van der Waals surface area contributed by atoms with E-state index in [1.807, 2.05) is 92.7 Å². The van der Waals surface area contributed by atoms with E-state index in [4.69, 9.17) is 4.74 Å². The van der Waals surface area contributed by atoms with Gasteiger partial charge in [-0.2, -0.15) is 0 Å². The van der Waals surface area contributed by atoms with Crippen LogP contribution in [0.1, 0.15) is 25.3 Å².